The molecule has 3 heteroatoms. The molecule has 4 N–H and O–H groups in total. The summed E-state index contributed by atoms with van der Waals surface area (Å²) in [4.78, 5) is 0. The molecule has 0 radical (unpaired) electrons. The van der Waals surface area contributed by atoms with Crippen molar-refractivity contribution in [2.24, 2.45) is 29.5 Å². The van der Waals surface area contributed by atoms with Crippen LogP contribution in [-0.2, 0) is 6.42 Å². The molecule has 0 bridgehead atoms. The van der Waals surface area contributed by atoms with E-state index in [0.717, 1.165) is 30.3 Å². The van der Waals surface area contributed by atoms with Gasteiger partial charge in [-0.2, -0.15) is 0 Å². The van der Waals surface area contributed by atoms with Crippen LogP contribution in [0.3, 0.4) is 0 Å². The van der Waals surface area contributed by atoms with Crippen molar-refractivity contribution in [2.75, 3.05) is 6.54 Å². The first-order valence-electron chi connectivity index (χ1n) is 14.3. The lowest BCUT2D eigenvalue weighted by Crippen LogP contribution is -2.24. The average Bonchev–Trinajstić information content (AvgIpc) is 2.87. The van der Waals surface area contributed by atoms with Crippen LogP contribution in [-0.4, -0.2) is 11.7 Å². The molecule has 0 saturated carbocycles. The summed E-state index contributed by atoms with van der Waals surface area (Å²) in [6, 6.07) is 10.4. The van der Waals surface area contributed by atoms with E-state index in [1.165, 1.54) is 49.7 Å². The number of benzene rings is 1. The maximum Gasteiger partial charge on any atom is 0.0881 e. The van der Waals surface area contributed by atoms with Gasteiger partial charge >= 0.3 is 0 Å². The number of rotatable bonds is 7. The van der Waals surface area contributed by atoms with Crippen molar-refractivity contribution < 1.29 is 5.11 Å². The third-order valence-corrected chi connectivity index (χ3v) is 6.87. The van der Waals surface area contributed by atoms with E-state index >= 15 is 0 Å². The van der Waals surface area contributed by atoms with Gasteiger partial charge in [0.1, 0.15) is 0 Å². The Bertz CT molecular complexity index is 695. The maximum absolute atomic E-state index is 9.67. The van der Waals surface area contributed by atoms with Gasteiger partial charge in [0.2, 0.25) is 0 Å². The molecule has 0 fully saturated rings. The number of allylic oxidation sites excluding steroid dienone is 3. The van der Waals surface area contributed by atoms with Crippen molar-refractivity contribution >= 4 is 0 Å². The lowest BCUT2D eigenvalue weighted by Gasteiger charge is -2.30. The molecule has 0 aliphatic heterocycles. The molecule has 3 nitrogen and oxygen atoms in total. The van der Waals surface area contributed by atoms with Crippen LogP contribution in [0.5, 0.6) is 0 Å². The predicted octanol–water partition coefficient (Wildman–Crippen LogP) is 9.57. The van der Waals surface area contributed by atoms with Gasteiger partial charge in [-0.1, -0.05) is 116 Å². The Morgan fingerprint density at radius 1 is 1.08 bits per heavy atom. The quantitative estimate of drug-likeness (QED) is 0.151. The van der Waals surface area contributed by atoms with E-state index in [2.05, 4.69) is 90.5 Å². The lowest BCUT2D eigenvalue weighted by molar-refractivity contribution is 0.207. The Morgan fingerprint density at radius 2 is 1.67 bits per heavy atom. The molecular formula is C33H60N2O. The monoisotopic (exact) mass is 500 g/mol. The summed E-state index contributed by atoms with van der Waals surface area (Å²) in [6.07, 6.45) is 11.8. The second-order valence-corrected chi connectivity index (χ2v) is 10.2. The number of aryl methyl sites for hydroxylation is 1. The molecule has 1 aliphatic carbocycles. The Hall–Kier alpha value is -1.84. The van der Waals surface area contributed by atoms with Crippen LogP contribution in [0.15, 0.2) is 66.5 Å². The van der Waals surface area contributed by atoms with E-state index in [-0.39, 0.29) is 5.92 Å². The van der Waals surface area contributed by atoms with E-state index < -0.39 is 0 Å². The smallest absolute Gasteiger partial charge is 0.0881 e. The zero-order valence-electron chi connectivity index (χ0n) is 25.1. The first kappa shape index (κ1) is 36.3. The summed E-state index contributed by atoms with van der Waals surface area (Å²) in [6.45, 7) is 25.7. The number of aliphatic hydroxyl groups excluding tert-OH is 1. The van der Waals surface area contributed by atoms with Gasteiger partial charge < -0.3 is 5.11 Å². The first-order valence-corrected chi connectivity index (χ1v) is 14.3. The minimum absolute atomic E-state index is 0.229. The molecular weight excluding hydrogens is 440 g/mol. The largest absolute Gasteiger partial charge is 0.513 e. The molecule has 0 aromatic heterocycles. The van der Waals surface area contributed by atoms with Crippen LogP contribution < -0.4 is 11.3 Å². The van der Waals surface area contributed by atoms with Crippen molar-refractivity contribution in [2.45, 2.75) is 107 Å². The van der Waals surface area contributed by atoms with Crippen LogP contribution >= 0.6 is 0 Å². The van der Waals surface area contributed by atoms with Gasteiger partial charge in [0, 0.05) is 12.5 Å². The normalized spacial score (nSPS) is 21.9. The lowest BCUT2D eigenvalue weighted by atomic mass is 9.76. The highest BCUT2D eigenvalue weighted by Gasteiger charge is 2.24. The summed E-state index contributed by atoms with van der Waals surface area (Å²) in [7, 11) is 0. The van der Waals surface area contributed by atoms with Crippen LogP contribution in [0.2, 0.25) is 0 Å². The summed E-state index contributed by atoms with van der Waals surface area (Å²) < 4.78 is 0. The number of hydrogen-bond acceptors (Lipinski definition) is 3. The van der Waals surface area contributed by atoms with E-state index in [9.17, 15) is 5.11 Å². The standard InChI is InChI=1S/C17H30O.C11H16N2.C3H8.C2H6/c1-12-7-6-8-13(2)14(3)11-17(10-9-12)15(4)16(5)18;1-10(9-13-12)7-8-11-5-3-2-4-6-11;1-3-2;1-2/h7,13-15,17-18H,5-6,8-11H2,1-4H3;2-6,13H,1,7-9,12H2;3H2,1-2H3;1-2H3/b12-7+;;;/t13?,14?,15-,17?;;;/m1.../s1. The van der Waals surface area contributed by atoms with Crippen LogP contribution in [0.25, 0.3) is 0 Å². The van der Waals surface area contributed by atoms with E-state index in [0.29, 0.717) is 18.2 Å². The summed E-state index contributed by atoms with van der Waals surface area (Å²) in [5.41, 5.74) is 6.61. The fourth-order valence-corrected chi connectivity index (χ4v) is 4.14. The molecule has 1 aliphatic rings. The van der Waals surface area contributed by atoms with Gasteiger partial charge in [0.25, 0.3) is 0 Å². The van der Waals surface area contributed by atoms with Crippen LogP contribution in [0.4, 0.5) is 0 Å². The van der Waals surface area contributed by atoms with Gasteiger partial charge in [0.05, 0.1) is 5.76 Å². The van der Waals surface area contributed by atoms with E-state index in [4.69, 9.17) is 5.84 Å². The van der Waals surface area contributed by atoms with Gasteiger partial charge in [-0.25, -0.2) is 0 Å². The highest BCUT2D eigenvalue weighted by molar-refractivity contribution is 5.16. The summed E-state index contributed by atoms with van der Waals surface area (Å²) >= 11 is 0. The third kappa shape index (κ3) is 18.4. The van der Waals surface area contributed by atoms with Crippen molar-refractivity contribution in [3.05, 3.63) is 72.0 Å². The second-order valence-electron chi connectivity index (χ2n) is 10.2. The third-order valence-electron chi connectivity index (χ3n) is 6.87. The van der Waals surface area contributed by atoms with Gasteiger partial charge in [0.15, 0.2) is 0 Å². The zero-order chi connectivity index (χ0) is 27.9. The summed E-state index contributed by atoms with van der Waals surface area (Å²) in [5, 5.41) is 9.67. The highest BCUT2D eigenvalue weighted by Crippen LogP contribution is 2.34. The number of hydrazine groups is 1. The number of nitrogens with one attached hydrogen (secondary N) is 1. The highest BCUT2D eigenvalue weighted by atomic mass is 16.3. The van der Waals surface area contributed by atoms with Crippen molar-refractivity contribution in [1.29, 1.82) is 0 Å². The van der Waals surface area contributed by atoms with Gasteiger partial charge in [-0.05, 0) is 75.2 Å². The SMILES string of the molecule is C=C(CCc1ccccc1)CNN.C=C(O)[C@@H](C)C1CC/C(C)=C/CCC(C)C(C)C1.CC.CCC. The van der Waals surface area contributed by atoms with Crippen LogP contribution in [0, 0.1) is 23.7 Å². The fourth-order valence-electron chi connectivity index (χ4n) is 4.14. The Kier molecular flexibility index (Phi) is 23.8. The van der Waals surface area contributed by atoms with E-state index in [1.54, 1.807) is 0 Å². The average molecular weight is 501 g/mol. The molecule has 1 aromatic rings. The Balaban J connectivity index is 0. The van der Waals surface area contributed by atoms with Crippen molar-refractivity contribution in [3.63, 3.8) is 0 Å². The molecule has 36 heavy (non-hydrogen) atoms. The fraction of sp³-hybridized carbons (Fsp3) is 0.636. The van der Waals surface area contributed by atoms with E-state index in [1.807, 2.05) is 19.9 Å². The molecule has 0 heterocycles. The second kappa shape index (κ2) is 23.6. The maximum atomic E-state index is 9.67. The number of aliphatic hydroxyl groups is 1. The molecule has 0 spiro atoms. The summed E-state index contributed by atoms with van der Waals surface area (Å²) in [5.74, 6) is 7.86. The molecule has 0 amide bonds. The van der Waals surface area contributed by atoms with Gasteiger partial charge in [-0.15, -0.1) is 0 Å². The first-order chi connectivity index (χ1) is 17.2. The van der Waals surface area contributed by atoms with Gasteiger partial charge in [-0.3, -0.25) is 11.3 Å². The molecule has 1 aromatic carbocycles. The Morgan fingerprint density at radius 3 is 2.19 bits per heavy atom. The number of nitrogens with two attached hydrogens (primary N) is 1. The molecule has 2 rings (SSSR count). The minimum atomic E-state index is 0.229. The topological polar surface area (TPSA) is 58.3 Å². The molecule has 208 valence electrons. The van der Waals surface area contributed by atoms with Crippen LogP contribution in [0.1, 0.15) is 106 Å². The zero-order valence-corrected chi connectivity index (χ0v) is 25.1. The minimum Gasteiger partial charge on any atom is -0.513 e. The molecule has 0 saturated heterocycles. The number of hydrogen-bond donors (Lipinski definition) is 3. The molecule has 4 atom stereocenters. The van der Waals surface area contributed by atoms with Crippen molar-refractivity contribution in [3.8, 4) is 0 Å². The molecule has 3 unspecified atom stereocenters. The predicted molar refractivity (Wildman–Crippen MR) is 163 cm³/mol. The Labute approximate surface area is 225 Å². The van der Waals surface area contributed by atoms with Crippen molar-refractivity contribution in [1.82, 2.24) is 5.43 Å².